The molecule has 0 radical (unpaired) electrons. The minimum absolute atomic E-state index is 0.0916. The maximum Gasteiger partial charge on any atom is 0.306 e. The van der Waals surface area contributed by atoms with Gasteiger partial charge in [0, 0.05) is 19.3 Å². The molecule has 426 valence electrons. The van der Waals surface area contributed by atoms with Gasteiger partial charge in [-0.3, -0.25) is 14.4 Å². The van der Waals surface area contributed by atoms with Gasteiger partial charge in [0.15, 0.2) is 6.10 Å². The van der Waals surface area contributed by atoms with Crippen LogP contribution in [0.15, 0.2) is 122 Å². The highest BCUT2D eigenvalue weighted by Gasteiger charge is 2.19. The smallest absolute Gasteiger partial charge is 0.306 e. The minimum Gasteiger partial charge on any atom is -0.462 e. The van der Waals surface area contributed by atoms with E-state index in [1.165, 1.54) is 103 Å². The highest BCUT2D eigenvalue weighted by atomic mass is 16.6. The third-order valence-electron chi connectivity index (χ3n) is 13.0. The Kier molecular flexibility index (Phi) is 58.9. The topological polar surface area (TPSA) is 78.9 Å². The summed E-state index contributed by atoms with van der Waals surface area (Å²) in [5.41, 5.74) is 0. The molecule has 0 bridgehead atoms. The predicted molar refractivity (Wildman–Crippen MR) is 325 cm³/mol. The Hall–Kier alpha value is -4.19. The highest BCUT2D eigenvalue weighted by molar-refractivity contribution is 5.71. The Balaban J connectivity index is 4.35. The number of unbranched alkanes of at least 4 members (excludes halogenated alkanes) is 24. The van der Waals surface area contributed by atoms with Crippen LogP contribution in [0.2, 0.25) is 0 Å². The molecule has 75 heavy (non-hydrogen) atoms. The van der Waals surface area contributed by atoms with Crippen molar-refractivity contribution in [3.63, 3.8) is 0 Å². The number of hydrogen-bond acceptors (Lipinski definition) is 6. The molecule has 1 atom stereocenters. The van der Waals surface area contributed by atoms with E-state index < -0.39 is 6.10 Å². The Morgan fingerprint density at radius 2 is 0.520 bits per heavy atom. The summed E-state index contributed by atoms with van der Waals surface area (Å²) in [5.74, 6) is -0.933. The minimum atomic E-state index is -0.797. The molecule has 1 unspecified atom stereocenters. The number of carbonyl (C=O) groups is 3. The van der Waals surface area contributed by atoms with Crippen LogP contribution in [0, 0.1) is 0 Å². The van der Waals surface area contributed by atoms with E-state index in [0.29, 0.717) is 19.3 Å². The second-order valence-corrected chi connectivity index (χ2v) is 20.2. The van der Waals surface area contributed by atoms with Crippen molar-refractivity contribution in [2.45, 2.75) is 284 Å². The zero-order valence-electron chi connectivity index (χ0n) is 48.8. The standard InChI is InChI=1S/C69H114O6/c1-4-7-10-13-16-19-22-25-27-28-29-30-31-32-33-34-35-36-37-38-39-40-41-42-43-45-47-50-53-56-59-62-68(71)74-65-66(64-73-67(70)61-58-55-52-49-46-24-21-18-15-12-9-6-3)75-69(72)63-60-57-54-51-48-44-26-23-20-17-14-11-8-5-2/h7,10,16,19,23,25-27,29-30,32-33,35-36,38-39,41-42,45,47,66H,4-6,8-9,11-15,17-18,20-22,24,28,31,34,37,40,43-44,46,48-65H2,1-3H3/b10-7-,19-16-,26-23-,27-25-,30-29-,33-32-,36-35-,39-38-,42-41-,47-45-. The van der Waals surface area contributed by atoms with Crippen LogP contribution in [-0.4, -0.2) is 37.2 Å². The van der Waals surface area contributed by atoms with Gasteiger partial charge in [0.25, 0.3) is 0 Å². The summed E-state index contributed by atoms with van der Waals surface area (Å²) in [4.78, 5) is 38.2. The van der Waals surface area contributed by atoms with Crippen LogP contribution in [0.3, 0.4) is 0 Å². The number of rotatable bonds is 55. The van der Waals surface area contributed by atoms with Gasteiger partial charge in [-0.15, -0.1) is 0 Å². The lowest BCUT2D eigenvalue weighted by Gasteiger charge is -2.18. The quantitative estimate of drug-likeness (QED) is 0.0261. The van der Waals surface area contributed by atoms with Gasteiger partial charge in [-0.1, -0.05) is 264 Å². The normalized spacial score (nSPS) is 12.9. The summed E-state index contributed by atoms with van der Waals surface area (Å²) in [6.07, 6.45) is 86.3. The molecule has 0 aromatic carbocycles. The van der Waals surface area contributed by atoms with E-state index in [1.54, 1.807) is 0 Å². The van der Waals surface area contributed by atoms with Gasteiger partial charge in [0.05, 0.1) is 0 Å². The maximum absolute atomic E-state index is 12.8. The summed E-state index contributed by atoms with van der Waals surface area (Å²) < 4.78 is 16.8. The van der Waals surface area contributed by atoms with Crippen molar-refractivity contribution >= 4 is 17.9 Å². The number of allylic oxidation sites excluding steroid dienone is 20. The van der Waals surface area contributed by atoms with Gasteiger partial charge in [0.1, 0.15) is 13.2 Å². The van der Waals surface area contributed by atoms with E-state index in [4.69, 9.17) is 14.2 Å². The van der Waals surface area contributed by atoms with Gasteiger partial charge in [-0.05, 0) is 116 Å². The molecule has 0 fully saturated rings. The lowest BCUT2D eigenvalue weighted by atomic mass is 10.0. The van der Waals surface area contributed by atoms with Crippen LogP contribution in [0.5, 0.6) is 0 Å². The molecule has 0 amide bonds. The first kappa shape index (κ1) is 70.8. The second kappa shape index (κ2) is 62.4. The summed E-state index contributed by atoms with van der Waals surface area (Å²) in [6.45, 7) is 6.48. The summed E-state index contributed by atoms with van der Waals surface area (Å²) in [5, 5.41) is 0. The largest absolute Gasteiger partial charge is 0.462 e. The molecule has 0 aliphatic rings. The number of carbonyl (C=O) groups excluding carboxylic acids is 3. The molecular formula is C69H114O6. The Bertz CT molecular complexity index is 1570. The zero-order chi connectivity index (χ0) is 54.3. The van der Waals surface area contributed by atoms with Gasteiger partial charge >= 0.3 is 17.9 Å². The van der Waals surface area contributed by atoms with E-state index in [0.717, 1.165) is 135 Å². The van der Waals surface area contributed by atoms with Crippen molar-refractivity contribution in [1.82, 2.24) is 0 Å². The van der Waals surface area contributed by atoms with Crippen molar-refractivity contribution in [2.24, 2.45) is 0 Å². The average Bonchev–Trinajstić information content (AvgIpc) is 3.41. The molecule has 0 rings (SSSR count). The van der Waals surface area contributed by atoms with E-state index in [2.05, 4.69) is 142 Å². The van der Waals surface area contributed by atoms with Crippen LogP contribution in [-0.2, 0) is 28.6 Å². The molecule has 6 nitrogen and oxygen atoms in total. The molecule has 0 spiro atoms. The van der Waals surface area contributed by atoms with Crippen molar-refractivity contribution in [3.05, 3.63) is 122 Å². The molecule has 6 heteroatoms. The lowest BCUT2D eigenvalue weighted by Crippen LogP contribution is -2.30. The average molecular weight is 1040 g/mol. The van der Waals surface area contributed by atoms with Crippen LogP contribution < -0.4 is 0 Å². The van der Waals surface area contributed by atoms with Crippen LogP contribution in [0.1, 0.15) is 278 Å². The fourth-order valence-corrected chi connectivity index (χ4v) is 8.31. The molecule has 0 aliphatic heterocycles. The van der Waals surface area contributed by atoms with Crippen LogP contribution in [0.25, 0.3) is 0 Å². The Labute approximate surface area is 462 Å². The number of ether oxygens (including phenoxy) is 3. The number of hydrogen-bond donors (Lipinski definition) is 0. The lowest BCUT2D eigenvalue weighted by molar-refractivity contribution is -0.167. The summed E-state index contributed by atoms with van der Waals surface area (Å²) in [6, 6.07) is 0. The van der Waals surface area contributed by atoms with Crippen molar-refractivity contribution in [3.8, 4) is 0 Å². The van der Waals surface area contributed by atoms with E-state index in [9.17, 15) is 14.4 Å². The third-order valence-corrected chi connectivity index (χ3v) is 13.0. The van der Waals surface area contributed by atoms with Gasteiger partial charge in [-0.25, -0.2) is 0 Å². The van der Waals surface area contributed by atoms with Crippen molar-refractivity contribution < 1.29 is 28.6 Å². The molecule has 0 aromatic heterocycles. The first-order valence-corrected chi connectivity index (χ1v) is 31.0. The van der Waals surface area contributed by atoms with Crippen molar-refractivity contribution in [1.29, 1.82) is 0 Å². The fourth-order valence-electron chi connectivity index (χ4n) is 8.31. The van der Waals surface area contributed by atoms with E-state index in [-0.39, 0.29) is 31.1 Å². The molecular weight excluding hydrogens is 925 g/mol. The van der Waals surface area contributed by atoms with E-state index in [1.807, 2.05) is 0 Å². The third kappa shape index (κ3) is 60.6. The maximum atomic E-state index is 12.8. The van der Waals surface area contributed by atoms with E-state index >= 15 is 0 Å². The molecule has 0 aliphatic carbocycles. The first-order valence-electron chi connectivity index (χ1n) is 31.0. The highest BCUT2D eigenvalue weighted by Crippen LogP contribution is 2.15. The van der Waals surface area contributed by atoms with Gasteiger partial charge < -0.3 is 14.2 Å². The monoisotopic (exact) mass is 1040 g/mol. The SMILES string of the molecule is CC/C=C\C/C=C\C/C=C\C/C=C\C/C=C\C/C=C\C/C=C\C/C=C\C/C=C\CCCCCC(=O)OCC(COC(=O)CCCCCCCCCCCCCC)OC(=O)CCCCCCC/C=C\CCCCCCC. The zero-order valence-corrected chi connectivity index (χ0v) is 48.8. The number of esters is 3. The van der Waals surface area contributed by atoms with Crippen molar-refractivity contribution in [2.75, 3.05) is 13.2 Å². The molecule has 0 heterocycles. The van der Waals surface area contributed by atoms with Crippen LogP contribution >= 0.6 is 0 Å². The molecule has 0 aromatic rings. The molecule has 0 saturated carbocycles. The van der Waals surface area contributed by atoms with Crippen LogP contribution in [0.4, 0.5) is 0 Å². The molecule has 0 N–H and O–H groups in total. The summed E-state index contributed by atoms with van der Waals surface area (Å²) >= 11 is 0. The fraction of sp³-hybridized carbons (Fsp3) is 0.667. The Morgan fingerprint density at radius 3 is 0.840 bits per heavy atom. The van der Waals surface area contributed by atoms with Gasteiger partial charge in [0.2, 0.25) is 0 Å². The van der Waals surface area contributed by atoms with Gasteiger partial charge in [-0.2, -0.15) is 0 Å². The Morgan fingerprint density at radius 1 is 0.280 bits per heavy atom. The first-order chi connectivity index (χ1) is 37.0. The molecule has 0 saturated heterocycles. The summed E-state index contributed by atoms with van der Waals surface area (Å²) in [7, 11) is 0. The predicted octanol–water partition coefficient (Wildman–Crippen LogP) is 21.2. The second-order valence-electron chi connectivity index (χ2n) is 20.2.